The van der Waals surface area contributed by atoms with Crippen LogP contribution in [0.5, 0.6) is 0 Å². The predicted octanol–water partition coefficient (Wildman–Crippen LogP) is 3.88. The van der Waals surface area contributed by atoms with Crippen LogP contribution < -0.4 is 10.6 Å². The molecule has 6 nitrogen and oxygen atoms in total. The quantitative estimate of drug-likeness (QED) is 0.816. The molecule has 1 aromatic heterocycles. The van der Waals surface area contributed by atoms with E-state index in [1.165, 1.54) is 0 Å². The molecular weight excluding hydrogens is 364 g/mol. The summed E-state index contributed by atoms with van der Waals surface area (Å²) in [5.74, 6) is -0.248. The molecule has 0 radical (unpaired) electrons. The number of rotatable bonds is 5. The first kappa shape index (κ1) is 19.4. The van der Waals surface area contributed by atoms with Crippen molar-refractivity contribution in [2.75, 3.05) is 11.9 Å². The largest absolute Gasteiger partial charge is 0.349 e. The Bertz CT molecular complexity index is 865. The Labute approximate surface area is 164 Å². The Balaban J connectivity index is 1.93. The van der Waals surface area contributed by atoms with Gasteiger partial charge in [-0.15, -0.1) is 0 Å². The van der Waals surface area contributed by atoms with Gasteiger partial charge < -0.3 is 15.2 Å². The van der Waals surface area contributed by atoms with Crippen molar-refractivity contribution in [1.29, 1.82) is 0 Å². The van der Waals surface area contributed by atoms with Gasteiger partial charge in [-0.3, -0.25) is 9.59 Å². The molecule has 27 heavy (non-hydrogen) atoms. The number of hydrogen-bond acceptors (Lipinski definition) is 3. The molecule has 0 aliphatic carbocycles. The van der Waals surface area contributed by atoms with Crippen LogP contribution in [-0.2, 0) is 13.0 Å². The molecule has 2 heterocycles. The van der Waals surface area contributed by atoms with Crippen molar-refractivity contribution in [3.63, 3.8) is 0 Å². The molecule has 0 unspecified atom stereocenters. The standard InChI is InChI=1S/C20H25ClN4O2/c1-4-8-22-20(27)18-23-17(15-7-5-6-9-25(15)18)19(26)24-16-13(3)10-12(2)11-14(16)21/h10-11H,4-9H2,1-3H3,(H,22,27)(H,24,26). The Morgan fingerprint density at radius 2 is 2.00 bits per heavy atom. The van der Waals surface area contributed by atoms with E-state index in [-0.39, 0.29) is 11.8 Å². The van der Waals surface area contributed by atoms with Crippen LogP contribution in [0.4, 0.5) is 5.69 Å². The molecule has 0 saturated heterocycles. The lowest BCUT2D eigenvalue weighted by atomic mass is 10.1. The van der Waals surface area contributed by atoms with Gasteiger partial charge in [-0.2, -0.15) is 0 Å². The summed E-state index contributed by atoms with van der Waals surface area (Å²) in [7, 11) is 0. The topological polar surface area (TPSA) is 76.0 Å². The van der Waals surface area contributed by atoms with E-state index in [1.807, 2.05) is 37.5 Å². The van der Waals surface area contributed by atoms with Gasteiger partial charge in [-0.1, -0.05) is 24.6 Å². The summed E-state index contributed by atoms with van der Waals surface area (Å²) in [4.78, 5) is 29.8. The maximum absolute atomic E-state index is 12.9. The molecular formula is C20H25ClN4O2. The van der Waals surface area contributed by atoms with Gasteiger partial charge in [0, 0.05) is 13.1 Å². The highest BCUT2D eigenvalue weighted by Gasteiger charge is 2.27. The Morgan fingerprint density at radius 1 is 1.22 bits per heavy atom. The molecule has 1 aliphatic heterocycles. The van der Waals surface area contributed by atoms with Gasteiger partial charge in [-0.05, 0) is 56.7 Å². The van der Waals surface area contributed by atoms with Crippen molar-refractivity contribution >= 4 is 29.1 Å². The highest BCUT2D eigenvalue weighted by atomic mass is 35.5. The third kappa shape index (κ3) is 4.00. The van der Waals surface area contributed by atoms with Crippen LogP contribution in [0.25, 0.3) is 0 Å². The van der Waals surface area contributed by atoms with Gasteiger partial charge in [0.25, 0.3) is 11.8 Å². The molecule has 1 aromatic carbocycles. The number of carbonyl (C=O) groups is 2. The van der Waals surface area contributed by atoms with Crippen molar-refractivity contribution in [1.82, 2.24) is 14.9 Å². The molecule has 2 aromatic rings. The molecule has 3 rings (SSSR count). The fraction of sp³-hybridized carbons (Fsp3) is 0.450. The van der Waals surface area contributed by atoms with Gasteiger partial charge in [0.05, 0.1) is 16.4 Å². The first-order valence-electron chi connectivity index (χ1n) is 9.38. The molecule has 0 saturated carbocycles. The Kier molecular flexibility index (Phi) is 5.85. The van der Waals surface area contributed by atoms with E-state index in [2.05, 4.69) is 15.6 Å². The minimum absolute atomic E-state index is 0.233. The summed E-state index contributed by atoms with van der Waals surface area (Å²) in [5, 5.41) is 6.23. The van der Waals surface area contributed by atoms with Crippen LogP contribution >= 0.6 is 11.6 Å². The second kappa shape index (κ2) is 8.13. The molecule has 1 aliphatic rings. The second-order valence-electron chi connectivity index (χ2n) is 6.99. The van der Waals surface area contributed by atoms with Crippen molar-refractivity contribution < 1.29 is 9.59 Å². The van der Waals surface area contributed by atoms with E-state index in [9.17, 15) is 9.59 Å². The molecule has 2 N–H and O–H groups in total. The number of fused-ring (bicyclic) bond motifs is 1. The smallest absolute Gasteiger partial charge is 0.287 e. The van der Waals surface area contributed by atoms with Gasteiger partial charge in [0.15, 0.2) is 11.5 Å². The van der Waals surface area contributed by atoms with E-state index in [0.29, 0.717) is 35.3 Å². The average Bonchev–Trinajstić information content (AvgIpc) is 3.02. The fourth-order valence-electron chi connectivity index (χ4n) is 3.46. The van der Waals surface area contributed by atoms with E-state index >= 15 is 0 Å². The van der Waals surface area contributed by atoms with E-state index in [4.69, 9.17) is 11.6 Å². The number of halogens is 1. The number of benzene rings is 1. The normalized spacial score (nSPS) is 13.2. The zero-order chi connectivity index (χ0) is 19.6. The van der Waals surface area contributed by atoms with Gasteiger partial charge in [0.1, 0.15) is 0 Å². The number of hydrogen-bond donors (Lipinski definition) is 2. The van der Waals surface area contributed by atoms with Crippen LogP contribution in [0.15, 0.2) is 12.1 Å². The number of anilines is 1. The maximum atomic E-state index is 12.9. The fourth-order valence-corrected chi connectivity index (χ4v) is 3.83. The second-order valence-corrected chi connectivity index (χ2v) is 7.40. The predicted molar refractivity (Wildman–Crippen MR) is 107 cm³/mol. The van der Waals surface area contributed by atoms with Crippen LogP contribution in [-0.4, -0.2) is 27.9 Å². The van der Waals surface area contributed by atoms with Crippen LogP contribution in [0, 0.1) is 13.8 Å². The van der Waals surface area contributed by atoms with Crippen LogP contribution in [0.1, 0.15) is 64.1 Å². The molecule has 7 heteroatoms. The monoisotopic (exact) mass is 388 g/mol. The lowest BCUT2D eigenvalue weighted by molar-refractivity contribution is 0.0937. The maximum Gasteiger partial charge on any atom is 0.287 e. The van der Waals surface area contributed by atoms with E-state index < -0.39 is 0 Å². The number of imidazole rings is 1. The Hall–Kier alpha value is -2.34. The summed E-state index contributed by atoms with van der Waals surface area (Å²) in [5.41, 5.74) is 3.64. The van der Waals surface area contributed by atoms with Crippen molar-refractivity contribution in [2.45, 2.75) is 53.0 Å². The average molecular weight is 389 g/mol. The van der Waals surface area contributed by atoms with E-state index in [1.54, 1.807) is 0 Å². The number of nitrogens with zero attached hydrogens (tertiary/aromatic N) is 2. The van der Waals surface area contributed by atoms with Crippen LogP contribution in [0.2, 0.25) is 5.02 Å². The first-order valence-corrected chi connectivity index (χ1v) is 9.75. The number of aryl methyl sites for hydroxylation is 2. The third-order valence-electron chi connectivity index (χ3n) is 4.74. The lowest BCUT2D eigenvalue weighted by Gasteiger charge is -2.17. The molecule has 144 valence electrons. The number of nitrogens with one attached hydrogen (secondary N) is 2. The molecule has 0 fully saturated rings. The Morgan fingerprint density at radius 3 is 2.70 bits per heavy atom. The number of aromatic nitrogens is 2. The minimum Gasteiger partial charge on any atom is -0.349 e. The lowest BCUT2D eigenvalue weighted by Crippen LogP contribution is -2.28. The zero-order valence-corrected chi connectivity index (χ0v) is 16.7. The first-order chi connectivity index (χ1) is 12.9. The summed E-state index contributed by atoms with van der Waals surface area (Å²) < 4.78 is 1.88. The van der Waals surface area contributed by atoms with Gasteiger partial charge >= 0.3 is 0 Å². The number of carbonyl (C=O) groups excluding carboxylic acids is 2. The SMILES string of the molecule is CCCNC(=O)c1nc(C(=O)Nc2c(C)cc(C)cc2Cl)c2n1CCCC2. The molecule has 0 bridgehead atoms. The minimum atomic E-state index is -0.330. The summed E-state index contributed by atoms with van der Waals surface area (Å²) >= 11 is 6.32. The molecule has 0 spiro atoms. The van der Waals surface area contributed by atoms with Crippen molar-refractivity contribution in [3.05, 3.63) is 45.5 Å². The van der Waals surface area contributed by atoms with E-state index in [0.717, 1.165) is 42.5 Å². The summed E-state index contributed by atoms with van der Waals surface area (Å²) in [6, 6.07) is 3.78. The zero-order valence-electron chi connectivity index (χ0n) is 16.0. The highest BCUT2D eigenvalue weighted by Crippen LogP contribution is 2.29. The molecule has 2 amide bonds. The number of amides is 2. The van der Waals surface area contributed by atoms with Gasteiger partial charge in [0.2, 0.25) is 0 Å². The highest BCUT2D eigenvalue weighted by molar-refractivity contribution is 6.34. The van der Waals surface area contributed by atoms with Crippen molar-refractivity contribution in [3.8, 4) is 0 Å². The van der Waals surface area contributed by atoms with Crippen molar-refractivity contribution in [2.24, 2.45) is 0 Å². The summed E-state index contributed by atoms with van der Waals surface area (Å²) in [6.07, 6.45) is 3.53. The third-order valence-corrected chi connectivity index (χ3v) is 5.04. The van der Waals surface area contributed by atoms with Crippen LogP contribution in [0.3, 0.4) is 0 Å². The molecule has 0 atom stereocenters. The summed E-state index contributed by atoms with van der Waals surface area (Å²) in [6.45, 7) is 7.14. The van der Waals surface area contributed by atoms with Gasteiger partial charge in [-0.25, -0.2) is 4.98 Å².